The Hall–Kier alpha value is -2.56. The SMILES string of the molecule is CCCCOC(=O)c1cccc(Nc2ncc(C)cc2N)c1. The zero-order valence-electron chi connectivity index (χ0n) is 12.9. The van der Waals surface area contributed by atoms with Gasteiger partial charge in [-0.2, -0.15) is 0 Å². The number of ether oxygens (including phenoxy) is 1. The van der Waals surface area contributed by atoms with Gasteiger partial charge in [-0.25, -0.2) is 9.78 Å². The van der Waals surface area contributed by atoms with Gasteiger partial charge in [0.05, 0.1) is 17.9 Å². The van der Waals surface area contributed by atoms with Crippen LogP contribution in [0, 0.1) is 6.92 Å². The maximum Gasteiger partial charge on any atom is 0.338 e. The van der Waals surface area contributed by atoms with Gasteiger partial charge in [-0.3, -0.25) is 0 Å². The van der Waals surface area contributed by atoms with Gasteiger partial charge in [-0.05, 0) is 43.2 Å². The number of hydrogen-bond donors (Lipinski definition) is 2. The van der Waals surface area contributed by atoms with Gasteiger partial charge in [-0.15, -0.1) is 0 Å². The molecule has 22 heavy (non-hydrogen) atoms. The van der Waals surface area contributed by atoms with Crippen LogP contribution in [-0.2, 0) is 4.74 Å². The first-order chi connectivity index (χ1) is 10.6. The first-order valence-electron chi connectivity index (χ1n) is 7.36. The van der Waals surface area contributed by atoms with Crippen molar-refractivity contribution in [3.63, 3.8) is 0 Å². The molecule has 0 saturated carbocycles. The molecule has 0 fully saturated rings. The maximum atomic E-state index is 11.9. The van der Waals surface area contributed by atoms with Crippen molar-refractivity contribution in [3.05, 3.63) is 47.7 Å². The third-order valence-electron chi connectivity index (χ3n) is 3.15. The number of carbonyl (C=O) groups excluding carboxylic acids is 1. The van der Waals surface area contributed by atoms with E-state index in [0.717, 1.165) is 24.1 Å². The van der Waals surface area contributed by atoms with Crippen molar-refractivity contribution in [2.45, 2.75) is 26.7 Å². The molecule has 2 aromatic rings. The number of aromatic nitrogens is 1. The number of nitrogens with two attached hydrogens (primary N) is 1. The van der Waals surface area contributed by atoms with E-state index in [9.17, 15) is 4.79 Å². The number of hydrogen-bond acceptors (Lipinski definition) is 5. The predicted molar refractivity (Wildman–Crippen MR) is 88.3 cm³/mol. The molecule has 116 valence electrons. The normalized spacial score (nSPS) is 10.3. The minimum Gasteiger partial charge on any atom is -0.462 e. The third-order valence-corrected chi connectivity index (χ3v) is 3.15. The molecule has 2 rings (SSSR count). The first-order valence-corrected chi connectivity index (χ1v) is 7.36. The van der Waals surface area contributed by atoms with Crippen LogP contribution in [0.2, 0.25) is 0 Å². The summed E-state index contributed by atoms with van der Waals surface area (Å²) in [6.45, 7) is 4.43. The number of aryl methyl sites for hydroxylation is 1. The third kappa shape index (κ3) is 4.22. The van der Waals surface area contributed by atoms with Crippen LogP contribution in [0.15, 0.2) is 36.5 Å². The number of nitrogen functional groups attached to an aromatic ring is 1. The molecule has 1 heterocycles. The fourth-order valence-electron chi connectivity index (χ4n) is 1.95. The van der Waals surface area contributed by atoms with Crippen molar-refractivity contribution < 1.29 is 9.53 Å². The summed E-state index contributed by atoms with van der Waals surface area (Å²) in [6.07, 6.45) is 3.60. The molecule has 0 unspecified atom stereocenters. The fourth-order valence-corrected chi connectivity index (χ4v) is 1.95. The highest BCUT2D eigenvalue weighted by molar-refractivity contribution is 5.90. The molecule has 0 bridgehead atoms. The molecule has 1 aromatic heterocycles. The molecular formula is C17H21N3O2. The van der Waals surface area contributed by atoms with Crippen LogP contribution in [0.5, 0.6) is 0 Å². The van der Waals surface area contributed by atoms with E-state index in [1.54, 1.807) is 24.4 Å². The number of anilines is 3. The summed E-state index contributed by atoms with van der Waals surface area (Å²) < 4.78 is 5.21. The predicted octanol–water partition coefficient (Wildman–Crippen LogP) is 3.67. The number of nitrogens with one attached hydrogen (secondary N) is 1. The molecule has 5 heteroatoms. The number of pyridine rings is 1. The van der Waals surface area contributed by atoms with E-state index in [4.69, 9.17) is 10.5 Å². The Morgan fingerprint density at radius 1 is 1.36 bits per heavy atom. The number of nitrogens with zero attached hydrogens (tertiary/aromatic N) is 1. The zero-order valence-corrected chi connectivity index (χ0v) is 12.9. The summed E-state index contributed by atoms with van der Waals surface area (Å²) in [4.78, 5) is 16.2. The van der Waals surface area contributed by atoms with Crippen molar-refractivity contribution in [3.8, 4) is 0 Å². The smallest absolute Gasteiger partial charge is 0.338 e. The zero-order chi connectivity index (χ0) is 15.9. The summed E-state index contributed by atoms with van der Waals surface area (Å²) in [6, 6.07) is 8.95. The van der Waals surface area contributed by atoms with E-state index in [1.165, 1.54) is 0 Å². The van der Waals surface area contributed by atoms with Crippen molar-refractivity contribution in [2.75, 3.05) is 17.7 Å². The number of benzene rings is 1. The Morgan fingerprint density at radius 2 is 2.18 bits per heavy atom. The quantitative estimate of drug-likeness (QED) is 0.628. The summed E-state index contributed by atoms with van der Waals surface area (Å²) in [5.74, 6) is 0.254. The lowest BCUT2D eigenvalue weighted by Gasteiger charge is -2.10. The van der Waals surface area contributed by atoms with E-state index < -0.39 is 0 Å². The van der Waals surface area contributed by atoms with E-state index in [2.05, 4.69) is 17.2 Å². The van der Waals surface area contributed by atoms with Crippen molar-refractivity contribution >= 4 is 23.2 Å². The first kappa shape index (κ1) is 15.8. The van der Waals surface area contributed by atoms with Gasteiger partial charge in [0.15, 0.2) is 5.82 Å². The highest BCUT2D eigenvalue weighted by Gasteiger charge is 2.08. The van der Waals surface area contributed by atoms with E-state index in [0.29, 0.717) is 23.7 Å². The summed E-state index contributed by atoms with van der Waals surface area (Å²) in [7, 11) is 0. The second-order valence-corrected chi connectivity index (χ2v) is 5.15. The molecule has 1 aromatic carbocycles. The average Bonchev–Trinajstić information content (AvgIpc) is 2.50. The maximum absolute atomic E-state index is 11.9. The molecular weight excluding hydrogens is 278 g/mol. The fraction of sp³-hybridized carbons (Fsp3) is 0.294. The van der Waals surface area contributed by atoms with Crippen molar-refractivity contribution in [2.24, 2.45) is 0 Å². The van der Waals surface area contributed by atoms with Crippen LogP contribution in [0.4, 0.5) is 17.2 Å². The number of unbranched alkanes of at least 4 members (excludes halogenated alkanes) is 1. The molecule has 0 atom stereocenters. The van der Waals surface area contributed by atoms with E-state index in [1.807, 2.05) is 19.1 Å². The molecule has 0 amide bonds. The highest BCUT2D eigenvalue weighted by Crippen LogP contribution is 2.22. The molecule has 0 aliphatic heterocycles. The lowest BCUT2D eigenvalue weighted by atomic mass is 10.2. The van der Waals surface area contributed by atoms with Gasteiger partial charge in [-0.1, -0.05) is 19.4 Å². The summed E-state index contributed by atoms with van der Waals surface area (Å²) in [5, 5.41) is 3.12. The molecule has 5 nitrogen and oxygen atoms in total. The number of rotatable bonds is 6. The average molecular weight is 299 g/mol. The number of carbonyl (C=O) groups is 1. The van der Waals surface area contributed by atoms with Gasteiger partial charge in [0, 0.05) is 11.9 Å². The van der Waals surface area contributed by atoms with Gasteiger partial charge in [0.25, 0.3) is 0 Å². The lowest BCUT2D eigenvalue weighted by Crippen LogP contribution is -2.07. The summed E-state index contributed by atoms with van der Waals surface area (Å²) in [5.41, 5.74) is 8.74. The van der Waals surface area contributed by atoms with Crippen LogP contribution in [0.25, 0.3) is 0 Å². The van der Waals surface area contributed by atoms with Crippen molar-refractivity contribution in [1.29, 1.82) is 0 Å². The Kier molecular flexibility index (Phi) is 5.36. The largest absolute Gasteiger partial charge is 0.462 e. The minimum atomic E-state index is -0.318. The van der Waals surface area contributed by atoms with Gasteiger partial charge < -0.3 is 15.8 Å². The highest BCUT2D eigenvalue weighted by atomic mass is 16.5. The topological polar surface area (TPSA) is 77.2 Å². The Balaban J connectivity index is 2.09. The monoisotopic (exact) mass is 299 g/mol. The van der Waals surface area contributed by atoms with Crippen molar-refractivity contribution in [1.82, 2.24) is 4.98 Å². The molecule has 3 N–H and O–H groups in total. The van der Waals surface area contributed by atoms with Gasteiger partial charge in [0.2, 0.25) is 0 Å². The Bertz CT molecular complexity index is 656. The molecule has 0 aliphatic rings. The molecule has 0 aliphatic carbocycles. The van der Waals surface area contributed by atoms with Crippen LogP contribution in [0.1, 0.15) is 35.7 Å². The lowest BCUT2D eigenvalue weighted by molar-refractivity contribution is 0.0500. The Morgan fingerprint density at radius 3 is 2.91 bits per heavy atom. The number of esters is 1. The molecule has 0 radical (unpaired) electrons. The van der Waals surface area contributed by atoms with E-state index in [-0.39, 0.29) is 5.97 Å². The second-order valence-electron chi connectivity index (χ2n) is 5.15. The van der Waals surface area contributed by atoms with Crippen LogP contribution in [-0.4, -0.2) is 17.6 Å². The standard InChI is InChI=1S/C17H21N3O2/c1-3-4-8-22-17(21)13-6-5-7-14(10-13)20-16-15(18)9-12(2)11-19-16/h5-7,9-11H,3-4,8,18H2,1-2H3,(H,19,20). The molecule has 0 spiro atoms. The summed E-state index contributed by atoms with van der Waals surface area (Å²) >= 11 is 0. The second kappa shape index (κ2) is 7.45. The van der Waals surface area contributed by atoms with E-state index >= 15 is 0 Å². The van der Waals surface area contributed by atoms with Crippen LogP contribution >= 0.6 is 0 Å². The Labute approximate surface area is 130 Å². The van der Waals surface area contributed by atoms with Crippen LogP contribution < -0.4 is 11.1 Å². The van der Waals surface area contributed by atoms with Gasteiger partial charge in [0.1, 0.15) is 0 Å². The van der Waals surface area contributed by atoms with Gasteiger partial charge >= 0.3 is 5.97 Å². The van der Waals surface area contributed by atoms with Crippen LogP contribution in [0.3, 0.4) is 0 Å². The minimum absolute atomic E-state index is 0.318. The molecule has 0 saturated heterocycles.